The van der Waals surface area contributed by atoms with E-state index in [1.807, 2.05) is 0 Å². The van der Waals surface area contributed by atoms with Crippen LogP contribution in [0.3, 0.4) is 0 Å². The minimum atomic E-state index is -0.801. The van der Waals surface area contributed by atoms with Crippen LogP contribution in [-0.2, 0) is 28.6 Å². The Labute approximate surface area is 482 Å². The Morgan fingerprint density at radius 3 is 0.795 bits per heavy atom. The molecule has 1 atom stereocenters. The van der Waals surface area contributed by atoms with Gasteiger partial charge in [-0.1, -0.05) is 264 Å². The van der Waals surface area contributed by atoms with Crippen molar-refractivity contribution in [3.05, 3.63) is 122 Å². The van der Waals surface area contributed by atoms with Crippen molar-refractivity contribution in [3.8, 4) is 0 Å². The fraction of sp³-hybridized carbons (Fsp3) is 0.681. The Morgan fingerprint density at radius 1 is 0.269 bits per heavy atom. The lowest BCUT2D eigenvalue weighted by Gasteiger charge is -2.18. The average molecular weight is 1080 g/mol. The summed E-state index contributed by atoms with van der Waals surface area (Å²) in [4.78, 5) is 38.4. The summed E-state index contributed by atoms with van der Waals surface area (Å²) in [7, 11) is 0. The summed E-state index contributed by atoms with van der Waals surface area (Å²) >= 11 is 0. The summed E-state index contributed by atoms with van der Waals surface area (Å²) in [6, 6.07) is 0. The number of esters is 3. The smallest absolute Gasteiger partial charge is 0.306 e. The number of allylic oxidation sites excluding steroid dienone is 20. The molecule has 0 aliphatic carbocycles. The van der Waals surface area contributed by atoms with Crippen molar-refractivity contribution in [2.24, 2.45) is 0 Å². The highest BCUT2D eigenvalue weighted by molar-refractivity contribution is 5.71. The van der Waals surface area contributed by atoms with Gasteiger partial charge in [0, 0.05) is 19.3 Å². The molecule has 0 heterocycles. The number of carbonyl (C=O) groups excluding carboxylic acids is 3. The zero-order valence-corrected chi connectivity index (χ0v) is 50.9. The number of carbonyl (C=O) groups is 3. The maximum Gasteiger partial charge on any atom is 0.306 e. The third-order valence-electron chi connectivity index (χ3n) is 13.7. The van der Waals surface area contributed by atoms with Gasteiger partial charge in [-0.25, -0.2) is 0 Å². The lowest BCUT2D eigenvalue weighted by Crippen LogP contribution is -2.30. The van der Waals surface area contributed by atoms with Crippen molar-refractivity contribution in [3.63, 3.8) is 0 Å². The van der Waals surface area contributed by atoms with Crippen LogP contribution < -0.4 is 0 Å². The van der Waals surface area contributed by atoms with Crippen molar-refractivity contribution in [2.45, 2.75) is 303 Å². The molecular weight excluding hydrogens is 961 g/mol. The van der Waals surface area contributed by atoms with Crippen LogP contribution in [-0.4, -0.2) is 37.2 Å². The number of hydrogen-bond donors (Lipinski definition) is 0. The first-order chi connectivity index (χ1) is 38.5. The van der Waals surface area contributed by atoms with Crippen LogP contribution in [0.25, 0.3) is 0 Å². The van der Waals surface area contributed by atoms with Gasteiger partial charge in [-0.2, -0.15) is 0 Å². The number of rotatable bonds is 58. The largest absolute Gasteiger partial charge is 0.462 e. The van der Waals surface area contributed by atoms with Gasteiger partial charge in [0.05, 0.1) is 0 Å². The average Bonchev–Trinajstić information content (AvgIpc) is 3.44. The molecule has 0 aliphatic rings. The zero-order valence-electron chi connectivity index (χ0n) is 50.9. The molecule has 0 radical (unpaired) electrons. The Morgan fingerprint density at radius 2 is 0.500 bits per heavy atom. The first-order valence-corrected chi connectivity index (χ1v) is 32.5. The van der Waals surface area contributed by atoms with Crippen LogP contribution in [0.4, 0.5) is 0 Å². The number of ether oxygens (including phenoxy) is 3. The molecule has 78 heavy (non-hydrogen) atoms. The van der Waals surface area contributed by atoms with Crippen molar-refractivity contribution >= 4 is 17.9 Å². The molecule has 0 aromatic carbocycles. The van der Waals surface area contributed by atoms with E-state index >= 15 is 0 Å². The quantitative estimate of drug-likeness (QED) is 0.0261. The Kier molecular flexibility index (Phi) is 61.8. The molecule has 0 amide bonds. The molecule has 1 unspecified atom stereocenters. The summed E-state index contributed by atoms with van der Waals surface area (Å²) in [5.41, 5.74) is 0. The number of unbranched alkanes of at least 4 members (excludes halogenated alkanes) is 27. The van der Waals surface area contributed by atoms with Crippen LogP contribution in [0.15, 0.2) is 122 Å². The zero-order chi connectivity index (χ0) is 56.4. The van der Waals surface area contributed by atoms with Gasteiger partial charge in [-0.3, -0.25) is 14.4 Å². The van der Waals surface area contributed by atoms with Crippen molar-refractivity contribution in [2.75, 3.05) is 13.2 Å². The topological polar surface area (TPSA) is 78.9 Å². The normalized spacial score (nSPS) is 12.9. The van der Waals surface area contributed by atoms with E-state index in [4.69, 9.17) is 14.2 Å². The van der Waals surface area contributed by atoms with Gasteiger partial charge in [-0.05, 0) is 135 Å². The second-order valence-electron chi connectivity index (χ2n) is 21.3. The van der Waals surface area contributed by atoms with Gasteiger partial charge in [0.15, 0.2) is 6.10 Å². The molecule has 0 aliphatic heterocycles. The molecule has 0 spiro atoms. The van der Waals surface area contributed by atoms with Crippen LogP contribution in [0, 0.1) is 0 Å². The van der Waals surface area contributed by atoms with Crippen molar-refractivity contribution < 1.29 is 28.6 Å². The van der Waals surface area contributed by atoms with Gasteiger partial charge in [0.2, 0.25) is 0 Å². The molecule has 0 aromatic rings. The van der Waals surface area contributed by atoms with Gasteiger partial charge >= 0.3 is 17.9 Å². The monoisotopic (exact) mass is 1080 g/mol. The molecule has 0 bridgehead atoms. The fourth-order valence-electron chi connectivity index (χ4n) is 8.80. The Bertz CT molecular complexity index is 1620. The summed E-state index contributed by atoms with van der Waals surface area (Å²) < 4.78 is 16.9. The van der Waals surface area contributed by atoms with Crippen molar-refractivity contribution in [1.29, 1.82) is 0 Å². The molecule has 6 nitrogen and oxygen atoms in total. The van der Waals surface area contributed by atoms with Crippen molar-refractivity contribution in [1.82, 2.24) is 0 Å². The Hall–Kier alpha value is -4.19. The van der Waals surface area contributed by atoms with E-state index in [0.717, 1.165) is 148 Å². The molecule has 0 N–H and O–H groups in total. The van der Waals surface area contributed by atoms with Gasteiger partial charge in [-0.15, -0.1) is 0 Å². The molecule has 0 saturated heterocycles. The first kappa shape index (κ1) is 73.8. The van der Waals surface area contributed by atoms with E-state index in [0.29, 0.717) is 19.3 Å². The van der Waals surface area contributed by atoms with Gasteiger partial charge < -0.3 is 14.2 Å². The summed E-state index contributed by atoms with van der Waals surface area (Å²) in [6.07, 6.45) is 90.5. The van der Waals surface area contributed by atoms with Gasteiger partial charge in [0.1, 0.15) is 13.2 Å². The fourth-order valence-corrected chi connectivity index (χ4v) is 8.80. The number of hydrogen-bond acceptors (Lipinski definition) is 6. The molecule has 444 valence electrons. The van der Waals surface area contributed by atoms with E-state index in [1.165, 1.54) is 109 Å². The standard InChI is InChI=1S/C72H120O6/c1-4-7-10-13-16-19-22-25-28-31-33-35-36-38-39-41-44-47-50-53-56-59-62-65-71(74)77-68-69(67-76-70(73)64-61-58-55-52-49-46-43-30-27-24-21-18-15-12-9-6-3)78-72(75)66-63-60-57-54-51-48-45-42-40-37-34-32-29-26-23-20-17-14-11-8-5-2/h7,10,16,19,21,23-26,28,30,32-35,38-40,42-43,69H,4-6,8-9,11-15,17-18,20,22,27,29,31,36-37,41,44-68H2,1-3H3/b10-7-,19-16-,24-21-,26-23-,28-25-,34-32-,35-33-,39-38-,42-40-,43-30-. The minimum Gasteiger partial charge on any atom is -0.462 e. The second-order valence-corrected chi connectivity index (χ2v) is 21.3. The molecule has 6 heteroatoms. The molecule has 0 fully saturated rings. The first-order valence-electron chi connectivity index (χ1n) is 32.5. The molecule has 0 aromatic heterocycles. The third kappa shape index (κ3) is 62.7. The predicted octanol–water partition coefficient (Wildman–Crippen LogP) is 22.4. The predicted molar refractivity (Wildman–Crippen MR) is 339 cm³/mol. The van der Waals surface area contributed by atoms with Crippen LogP contribution >= 0.6 is 0 Å². The highest BCUT2D eigenvalue weighted by Gasteiger charge is 2.19. The van der Waals surface area contributed by atoms with E-state index in [9.17, 15) is 14.4 Å². The molecule has 0 saturated carbocycles. The lowest BCUT2D eigenvalue weighted by molar-refractivity contribution is -0.167. The van der Waals surface area contributed by atoms with E-state index < -0.39 is 6.10 Å². The second kappa shape index (κ2) is 65.3. The lowest BCUT2D eigenvalue weighted by atomic mass is 10.1. The Balaban J connectivity index is 4.46. The summed E-state index contributed by atoms with van der Waals surface area (Å²) in [6.45, 7) is 6.48. The molecule has 0 rings (SSSR count). The summed E-state index contributed by atoms with van der Waals surface area (Å²) in [5.74, 6) is -0.927. The highest BCUT2D eigenvalue weighted by Crippen LogP contribution is 2.15. The third-order valence-corrected chi connectivity index (χ3v) is 13.7. The van der Waals surface area contributed by atoms with Gasteiger partial charge in [0.25, 0.3) is 0 Å². The summed E-state index contributed by atoms with van der Waals surface area (Å²) in [5, 5.41) is 0. The SMILES string of the molecule is CC/C=C\C/C=C\C/C=C\C/C=C\C/C=C\CCCCCCCCCC(=O)OCC(COC(=O)CCCCCCC/C=C\C/C=C\CCCCCC)OC(=O)CCCCCCCC/C=C\C/C=C\C/C=C\CCCCCCC. The minimum absolute atomic E-state index is 0.0963. The molecular formula is C72H120O6. The van der Waals surface area contributed by atoms with Crippen LogP contribution in [0.1, 0.15) is 297 Å². The van der Waals surface area contributed by atoms with E-state index in [-0.39, 0.29) is 31.1 Å². The van der Waals surface area contributed by atoms with Crippen LogP contribution in [0.5, 0.6) is 0 Å². The highest BCUT2D eigenvalue weighted by atomic mass is 16.6. The maximum absolute atomic E-state index is 12.9. The van der Waals surface area contributed by atoms with Crippen LogP contribution in [0.2, 0.25) is 0 Å². The van der Waals surface area contributed by atoms with E-state index in [2.05, 4.69) is 142 Å². The van der Waals surface area contributed by atoms with E-state index in [1.54, 1.807) is 0 Å². The maximum atomic E-state index is 12.9.